The predicted octanol–water partition coefficient (Wildman–Crippen LogP) is 4.33. The van der Waals surface area contributed by atoms with Crippen LogP contribution in [-0.2, 0) is 4.79 Å². The minimum absolute atomic E-state index is 0.0925. The molecular weight excluding hydrogens is 352 g/mol. The maximum absolute atomic E-state index is 13.0. The standard InChI is InChI=1S/C23H26N2O3/c1-27-16-9-10-21-19(13-16)20(15-24-21)18(14-23(26)25-11-5-6-12-25)17-7-3-4-8-22(17)28-2/h3-4,7-10,13,15,18,24H,5-6,11-12,14H2,1-2H3/t18-/m0/s1. The predicted molar refractivity (Wildman–Crippen MR) is 110 cm³/mol. The third-order valence-electron chi connectivity index (χ3n) is 5.65. The molecule has 1 amide bonds. The molecule has 146 valence electrons. The van der Waals surface area contributed by atoms with Gasteiger partial charge in [-0.05, 0) is 42.7 Å². The second-order valence-electron chi connectivity index (χ2n) is 7.24. The molecule has 3 aromatic rings. The summed E-state index contributed by atoms with van der Waals surface area (Å²) >= 11 is 0. The minimum atomic E-state index is -0.0925. The second kappa shape index (κ2) is 7.97. The third kappa shape index (κ3) is 3.44. The van der Waals surface area contributed by atoms with Gasteiger partial charge < -0.3 is 19.4 Å². The molecule has 0 spiro atoms. The fraction of sp³-hybridized carbons (Fsp3) is 0.348. The number of hydrogen-bond acceptors (Lipinski definition) is 3. The molecule has 4 rings (SSSR count). The molecule has 2 heterocycles. The van der Waals surface area contributed by atoms with Crippen LogP contribution in [-0.4, -0.2) is 43.1 Å². The summed E-state index contributed by atoms with van der Waals surface area (Å²) in [5, 5.41) is 1.07. The second-order valence-corrected chi connectivity index (χ2v) is 7.24. The van der Waals surface area contributed by atoms with Crippen LogP contribution in [0.4, 0.5) is 0 Å². The van der Waals surface area contributed by atoms with Crippen molar-refractivity contribution in [3.05, 3.63) is 59.8 Å². The zero-order valence-corrected chi connectivity index (χ0v) is 16.4. The highest BCUT2D eigenvalue weighted by atomic mass is 16.5. The largest absolute Gasteiger partial charge is 0.497 e. The highest BCUT2D eigenvalue weighted by Crippen LogP contribution is 2.39. The lowest BCUT2D eigenvalue weighted by Crippen LogP contribution is -2.29. The van der Waals surface area contributed by atoms with Gasteiger partial charge in [-0.3, -0.25) is 4.79 Å². The fourth-order valence-corrected chi connectivity index (χ4v) is 4.15. The van der Waals surface area contributed by atoms with E-state index in [4.69, 9.17) is 9.47 Å². The monoisotopic (exact) mass is 378 g/mol. The first-order valence-electron chi connectivity index (χ1n) is 9.77. The van der Waals surface area contributed by atoms with Crippen LogP contribution in [0.15, 0.2) is 48.7 Å². The van der Waals surface area contributed by atoms with Gasteiger partial charge in [0.2, 0.25) is 5.91 Å². The number of methoxy groups -OCH3 is 2. The molecular formula is C23H26N2O3. The SMILES string of the molecule is COc1ccc2[nH]cc([C@@H](CC(=O)N3CCCC3)c3ccccc3OC)c2c1. The van der Waals surface area contributed by atoms with E-state index in [1.54, 1.807) is 14.2 Å². The average Bonchev–Trinajstić information content (AvgIpc) is 3.41. The molecule has 5 heteroatoms. The number of rotatable bonds is 6. The number of hydrogen-bond donors (Lipinski definition) is 1. The molecule has 1 aromatic heterocycles. The third-order valence-corrected chi connectivity index (χ3v) is 5.65. The van der Waals surface area contributed by atoms with Crippen molar-refractivity contribution in [1.82, 2.24) is 9.88 Å². The van der Waals surface area contributed by atoms with Gasteiger partial charge in [0.05, 0.1) is 14.2 Å². The maximum Gasteiger partial charge on any atom is 0.223 e. The van der Waals surface area contributed by atoms with Gasteiger partial charge in [0.1, 0.15) is 11.5 Å². The van der Waals surface area contributed by atoms with Crippen LogP contribution in [0, 0.1) is 0 Å². The molecule has 1 N–H and O–H groups in total. The van der Waals surface area contributed by atoms with Gasteiger partial charge in [0.15, 0.2) is 0 Å². The van der Waals surface area contributed by atoms with Gasteiger partial charge in [-0.1, -0.05) is 18.2 Å². The number of benzene rings is 2. The topological polar surface area (TPSA) is 54.6 Å². The van der Waals surface area contributed by atoms with Crippen LogP contribution in [0.25, 0.3) is 10.9 Å². The number of carbonyl (C=O) groups excluding carboxylic acids is 1. The van der Waals surface area contributed by atoms with Crippen molar-refractivity contribution in [3.63, 3.8) is 0 Å². The number of aromatic amines is 1. The van der Waals surface area contributed by atoms with Gasteiger partial charge in [0, 0.05) is 48.1 Å². The van der Waals surface area contributed by atoms with Gasteiger partial charge in [-0.2, -0.15) is 0 Å². The van der Waals surface area contributed by atoms with Crippen LogP contribution in [0.1, 0.15) is 36.3 Å². The zero-order chi connectivity index (χ0) is 19.5. The molecule has 1 fully saturated rings. The van der Waals surface area contributed by atoms with Crippen molar-refractivity contribution in [1.29, 1.82) is 0 Å². The average molecular weight is 378 g/mol. The first-order valence-corrected chi connectivity index (χ1v) is 9.77. The van der Waals surface area contributed by atoms with Crippen LogP contribution in [0.3, 0.4) is 0 Å². The molecule has 1 aliphatic heterocycles. The summed E-state index contributed by atoms with van der Waals surface area (Å²) in [5.41, 5.74) is 3.15. The van der Waals surface area contributed by atoms with Crippen LogP contribution >= 0.6 is 0 Å². The molecule has 0 radical (unpaired) electrons. The van der Waals surface area contributed by atoms with E-state index >= 15 is 0 Å². The van der Waals surface area contributed by atoms with Gasteiger partial charge in [-0.25, -0.2) is 0 Å². The van der Waals surface area contributed by atoms with Crippen molar-refractivity contribution in [3.8, 4) is 11.5 Å². The Hall–Kier alpha value is -2.95. The Morgan fingerprint density at radius 1 is 1.07 bits per heavy atom. The number of H-pyrrole nitrogens is 1. The van der Waals surface area contributed by atoms with E-state index in [2.05, 4.69) is 11.1 Å². The summed E-state index contributed by atoms with van der Waals surface area (Å²) < 4.78 is 11.1. The molecule has 1 saturated heterocycles. The molecule has 0 bridgehead atoms. The van der Waals surface area contributed by atoms with E-state index in [0.29, 0.717) is 6.42 Å². The van der Waals surface area contributed by atoms with Crippen LogP contribution in [0.2, 0.25) is 0 Å². The Morgan fingerprint density at radius 3 is 2.61 bits per heavy atom. The molecule has 28 heavy (non-hydrogen) atoms. The number of aromatic nitrogens is 1. The summed E-state index contributed by atoms with van der Waals surface area (Å²) in [6.07, 6.45) is 4.62. The van der Waals surface area contributed by atoms with Gasteiger partial charge >= 0.3 is 0 Å². The first kappa shape index (κ1) is 18.4. The number of amides is 1. The Labute approximate surface area is 165 Å². The number of carbonyl (C=O) groups is 1. The molecule has 0 aliphatic carbocycles. The Bertz CT molecular complexity index is 973. The molecule has 1 atom stereocenters. The van der Waals surface area contributed by atoms with E-state index in [1.165, 1.54) is 0 Å². The highest BCUT2D eigenvalue weighted by Gasteiger charge is 2.27. The van der Waals surface area contributed by atoms with Gasteiger partial charge in [0.25, 0.3) is 0 Å². The summed E-state index contributed by atoms with van der Waals surface area (Å²) in [6, 6.07) is 14.0. The number of fused-ring (bicyclic) bond motifs is 1. The van der Waals surface area contributed by atoms with E-state index in [1.807, 2.05) is 47.5 Å². The number of para-hydroxylation sites is 1. The molecule has 0 saturated carbocycles. The number of nitrogens with zero attached hydrogens (tertiary/aromatic N) is 1. The van der Waals surface area contributed by atoms with Crippen molar-refractivity contribution in [2.45, 2.75) is 25.2 Å². The first-order chi connectivity index (χ1) is 13.7. The van der Waals surface area contributed by atoms with E-state index < -0.39 is 0 Å². The van der Waals surface area contributed by atoms with E-state index in [0.717, 1.165) is 59.5 Å². The van der Waals surface area contributed by atoms with Crippen molar-refractivity contribution >= 4 is 16.8 Å². The summed E-state index contributed by atoms with van der Waals surface area (Å²) in [6.45, 7) is 1.72. The maximum atomic E-state index is 13.0. The molecule has 5 nitrogen and oxygen atoms in total. The number of likely N-dealkylation sites (tertiary alicyclic amines) is 1. The Balaban J connectivity index is 1.79. The minimum Gasteiger partial charge on any atom is -0.497 e. The smallest absolute Gasteiger partial charge is 0.223 e. The lowest BCUT2D eigenvalue weighted by Gasteiger charge is -2.23. The molecule has 2 aromatic carbocycles. The lowest BCUT2D eigenvalue weighted by atomic mass is 9.87. The van der Waals surface area contributed by atoms with Gasteiger partial charge in [-0.15, -0.1) is 0 Å². The summed E-state index contributed by atoms with van der Waals surface area (Å²) in [4.78, 5) is 18.4. The summed E-state index contributed by atoms with van der Waals surface area (Å²) in [7, 11) is 3.35. The number of ether oxygens (including phenoxy) is 2. The Morgan fingerprint density at radius 2 is 1.86 bits per heavy atom. The molecule has 1 aliphatic rings. The fourth-order valence-electron chi connectivity index (χ4n) is 4.15. The van der Waals surface area contributed by atoms with Crippen LogP contribution in [0.5, 0.6) is 11.5 Å². The van der Waals surface area contributed by atoms with E-state index in [9.17, 15) is 4.79 Å². The van der Waals surface area contributed by atoms with Crippen LogP contribution < -0.4 is 9.47 Å². The summed E-state index contributed by atoms with van der Waals surface area (Å²) in [5.74, 6) is 1.72. The normalized spacial score (nSPS) is 15.0. The molecule has 0 unspecified atom stereocenters. The quantitative estimate of drug-likeness (QED) is 0.695. The highest BCUT2D eigenvalue weighted by molar-refractivity contribution is 5.87. The van der Waals surface area contributed by atoms with Crippen molar-refractivity contribution in [2.75, 3.05) is 27.3 Å². The van der Waals surface area contributed by atoms with E-state index in [-0.39, 0.29) is 11.8 Å². The van der Waals surface area contributed by atoms with Crippen molar-refractivity contribution in [2.24, 2.45) is 0 Å². The zero-order valence-electron chi connectivity index (χ0n) is 16.4. The lowest BCUT2D eigenvalue weighted by molar-refractivity contribution is -0.130. The van der Waals surface area contributed by atoms with Crippen molar-refractivity contribution < 1.29 is 14.3 Å². The Kier molecular flexibility index (Phi) is 5.24. The number of nitrogens with one attached hydrogen (secondary N) is 1.